The highest BCUT2D eigenvalue weighted by atomic mass is 35.5. The number of unbranched alkanes of at least 4 members (excludes halogenated alkanes) is 1. The predicted molar refractivity (Wildman–Crippen MR) is 137 cm³/mol. The highest BCUT2D eigenvalue weighted by Crippen LogP contribution is 2.44. The lowest BCUT2D eigenvalue weighted by Crippen LogP contribution is -2.49. The zero-order chi connectivity index (χ0) is 24.8. The monoisotopic (exact) mass is 487 g/mol. The Balaban J connectivity index is 1.98. The summed E-state index contributed by atoms with van der Waals surface area (Å²) in [5.74, 6) is -0.125. The largest absolute Gasteiger partial charge is 0.444 e. The second-order valence-electron chi connectivity index (χ2n) is 10.2. The number of ether oxygens (including phenoxy) is 2. The van der Waals surface area contributed by atoms with Gasteiger partial charge in [-0.05, 0) is 70.1 Å². The maximum absolute atomic E-state index is 12.8. The van der Waals surface area contributed by atoms with Gasteiger partial charge in [-0.1, -0.05) is 54.1 Å². The van der Waals surface area contributed by atoms with Gasteiger partial charge >= 0.3 is 6.09 Å². The normalized spacial score (nSPS) is 18.4. The Kier molecular flexibility index (Phi) is 9.02. The van der Waals surface area contributed by atoms with E-state index in [2.05, 4.69) is 0 Å². The number of carbonyl (C=O) groups excluding carboxylic acids is 1. The highest BCUT2D eigenvalue weighted by molar-refractivity contribution is 6.33. The molecular formula is C28H38ClNO4. The lowest BCUT2D eigenvalue weighted by molar-refractivity contribution is -0.0638. The summed E-state index contributed by atoms with van der Waals surface area (Å²) in [7, 11) is 1.69. The van der Waals surface area contributed by atoms with E-state index in [1.165, 1.54) is 0 Å². The maximum Gasteiger partial charge on any atom is 0.410 e. The summed E-state index contributed by atoms with van der Waals surface area (Å²) in [5.41, 5.74) is 1.00. The van der Waals surface area contributed by atoms with Crippen molar-refractivity contribution >= 4 is 17.7 Å². The Morgan fingerprint density at radius 1 is 1.09 bits per heavy atom. The number of likely N-dealkylation sites (tertiary alicyclic amines) is 1. The fraction of sp³-hybridized carbons (Fsp3) is 0.536. The maximum atomic E-state index is 12.8. The molecule has 1 unspecified atom stereocenters. The SMILES string of the molecule is COCCCC[C@@](O)(c1ccccc1-c1ccccc1Cl)C1CCCN(C(=O)OC(C)(C)C)C1. The number of hydrogen-bond acceptors (Lipinski definition) is 4. The smallest absolute Gasteiger partial charge is 0.410 e. The average Bonchev–Trinajstić information content (AvgIpc) is 2.81. The number of amides is 1. The van der Waals surface area contributed by atoms with Gasteiger partial charge in [-0.25, -0.2) is 4.79 Å². The molecule has 0 saturated carbocycles. The number of benzene rings is 2. The second kappa shape index (κ2) is 11.6. The van der Waals surface area contributed by atoms with Crippen molar-refractivity contribution in [2.45, 2.75) is 64.1 Å². The quantitative estimate of drug-likeness (QED) is 0.423. The van der Waals surface area contributed by atoms with Crippen molar-refractivity contribution < 1.29 is 19.4 Å². The highest BCUT2D eigenvalue weighted by Gasteiger charge is 2.43. The molecule has 3 rings (SSSR count). The third-order valence-electron chi connectivity index (χ3n) is 6.46. The summed E-state index contributed by atoms with van der Waals surface area (Å²) < 4.78 is 10.9. The van der Waals surface area contributed by atoms with Gasteiger partial charge < -0.3 is 19.5 Å². The molecule has 1 N–H and O–H groups in total. The van der Waals surface area contributed by atoms with Crippen molar-refractivity contribution in [3.63, 3.8) is 0 Å². The van der Waals surface area contributed by atoms with Gasteiger partial charge in [0, 0.05) is 43.3 Å². The number of hydrogen-bond donors (Lipinski definition) is 1. The van der Waals surface area contributed by atoms with E-state index in [4.69, 9.17) is 21.1 Å². The number of rotatable bonds is 8. The Morgan fingerprint density at radius 3 is 2.44 bits per heavy atom. The van der Waals surface area contributed by atoms with Crippen molar-refractivity contribution in [3.05, 3.63) is 59.1 Å². The van der Waals surface area contributed by atoms with Crippen LogP contribution in [0.2, 0.25) is 5.02 Å². The molecule has 0 spiro atoms. The summed E-state index contributed by atoms with van der Waals surface area (Å²) >= 11 is 6.57. The van der Waals surface area contributed by atoms with E-state index in [1.807, 2.05) is 69.3 Å². The lowest BCUT2D eigenvalue weighted by Gasteiger charge is -2.43. The van der Waals surface area contributed by atoms with Crippen molar-refractivity contribution in [2.24, 2.45) is 5.92 Å². The third kappa shape index (κ3) is 6.53. The summed E-state index contributed by atoms with van der Waals surface area (Å²) in [4.78, 5) is 14.6. The van der Waals surface area contributed by atoms with E-state index in [1.54, 1.807) is 12.0 Å². The minimum atomic E-state index is -1.12. The first-order chi connectivity index (χ1) is 16.2. The predicted octanol–water partition coefficient (Wildman–Crippen LogP) is 6.66. The van der Waals surface area contributed by atoms with Gasteiger partial charge in [-0.2, -0.15) is 0 Å². The minimum Gasteiger partial charge on any atom is -0.444 e. The first kappa shape index (κ1) is 26.5. The van der Waals surface area contributed by atoms with Crippen molar-refractivity contribution in [3.8, 4) is 11.1 Å². The van der Waals surface area contributed by atoms with E-state index in [9.17, 15) is 9.90 Å². The van der Waals surface area contributed by atoms with Gasteiger partial charge in [-0.15, -0.1) is 0 Å². The van der Waals surface area contributed by atoms with Crippen molar-refractivity contribution in [1.29, 1.82) is 0 Å². The summed E-state index contributed by atoms with van der Waals surface area (Å²) in [6.45, 7) is 7.36. The first-order valence-corrected chi connectivity index (χ1v) is 12.6. The van der Waals surface area contributed by atoms with Crippen LogP contribution in [0.1, 0.15) is 58.4 Å². The van der Waals surface area contributed by atoms with Crippen LogP contribution < -0.4 is 0 Å². The summed E-state index contributed by atoms with van der Waals surface area (Å²) in [6.07, 6.45) is 3.57. The third-order valence-corrected chi connectivity index (χ3v) is 6.79. The molecule has 0 bridgehead atoms. The Labute approximate surface area is 209 Å². The molecule has 1 saturated heterocycles. The Morgan fingerprint density at radius 2 is 1.76 bits per heavy atom. The Hall–Kier alpha value is -2.08. The Bertz CT molecular complexity index is 957. The van der Waals surface area contributed by atoms with Gasteiger partial charge in [0.15, 0.2) is 0 Å². The van der Waals surface area contributed by atoms with Crippen LogP contribution in [0.4, 0.5) is 4.79 Å². The van der Waals surface area contributed by atoms with Crippen LogP contribution in [-0.2, 0) is 15.1 Å². The average molecular weight is 488 g/mol. The molecule has 2 aromatic carbocycles. The fourth-order valence-corrected chi connectivity index (χ4v) is 5.07. The van der Waals surface area contributed by atoms with Crippen LogP contribution >= 0.6 is 11.6 Å². The van der Waals surface area contributed by atoms with Crippen LogP contribution in [-0.4, -0.2) is 48.5 Å². The number of nitrogens with zero attached hydrogens (tertiary/aromatic N) is 1. The number of carbonyl (C=O) groups is 1. The molecule has 1 fully saturated rings. The zero-order valence-corrected chi connectivity index (χ0v) is 21.6. The van der Waals surface area contributed by atoms with Crippen LogP contribution in [0.3, 0.4) is 0 Å². The summed E-state index contributed by atoms with van der Waals surface area (Å²) in [6, 6.07) is 15.7. The summed E-state index contributed by atoms with van der Waals surface area (Å²) in [5, 5.41) is 13.1. The molecule has 1 amide bonds. The minimum absolute atomic E-state index is 0.125. The molecule has 1 heterocycles. The molecule has 6 heteroatoms. The van der Waals surface area contributed by atoms with E-state index in [-0.39, 0.29) is 12.0 Å². The van der Waals surface area contributed by atoms with Crippen molar-refractivity contribution in [2.75, 3.05) is 26.8 Å². The zero-order valence-electron chi connectivity index (χ0n) is 20.9. The molecule has 1 aliphatic rings. The van der Waals surface area contributed by atoms with Gasteiger partial charge in [0.05, 0.1) is 5.60 Å². The molecule has 186 valence electrons. The fourth-order valence-electron chi connectivity index (χ4n) is 4.83. The molecule has 0 aromatic heterocycles. The van der Waals surface area contributed by atoms with Gasteiger partial charge in [0.1, 0.15) is 5.60 Å². The standard InChI is InChI=1S/C28H38ClNO4/c1-27(2,3)34-26(31)30-18-11-12-21(20-30)28(32,17-9-10-19-33-4)24-15-7-5-13-22(24)23-14-6-8-16-25(23)29/h5-8,13-16,21,32H,9-12,17-20H2,1-4H3/t21?,28-/m0/s1. The molecular weight excluding hydrogens is 450 g/mol. The number of methoxy groups -OCH3 is 1. The second-order valence-corrected chi connectivity index (χ2v) is 10.6. The van der Waals surface area contributed by atoms with Gasteiger partial charge in [0.25, 0.3) is 0 Å². The first-order valence-electron chi connectivity index (χ1n) is 12.2. The van der Waals surface area contributed by atoms with E-state index < -0.39 is 11.2 Å². The van der Waals surface area contributed by atoms with Gasteiger partial charge in [-0.3, -0.25) is 0 Å². The van der Waals surface area contributed by atoms with E-state index in [0.29, 0.717) is 31.1 Å². The number of aliphatic hydroxyl groups is 1. The van der Waals surface area contributed by atoms with Crippen LogP contribution in [0.15, 0.2) is 48.5 Å². The molecule has 1 aliphatic heterocycles. The topological polar surface area (TPSA) is 59.0 Å². The van der Waals surface area contributed by atoms with Crippen LogP contribution in [0.25, 0.3) is 11.1 Å². The van der Waals surface area contributed by atoms with Crippen LogP contribution in [0, 0.1) is 5.92 Å². The van der Waals surface area contributed by atoms with Gasteiger partial charge in [0.2, 0.25) is 0 Å². The van der Waals surface area contributed by atoms with E-state index >= 15 is 0 Å². The van der Waals surface area contributed by atoms with Crippen LogP contribution in [0.5, 0.6) is 0 Å². The molecule has 34 heavy (non-hydrogen) atoms. The molecule has 2 aromatic rings. The van der Waals surface area contributed by atoms with E-state index in [0.717, 1.165) is 42.4 Å². The molecule has 2 atom stereocenters. The molecule has 0 radical (unpaired) electrons. The number of halogens is 1. The molecule has 0 aliphatic carbocycles. The van der Waals surface area contributed by atoms with Crippen molar-refractivity contribution in [1.82, 2.24) is 4.90 Å². The lowest BCUT2D eigenvalue weighted by atomic mass is 9.72. The molecule has 5 nitrogen and oxygen atoms in total. The number of piperidine rings is 1.